The van der Waals surface area contributed by atoms with E-state index in [2.05, 4.69) is 19.5 Å². The molecule has 0 aliphatic carbocycles. The van der Waals surface area contributed by atoms with Crippen LogP contribution in [0.3, 0.4) is 0 Å². The van der Waals surface area contributed by atoms with Crippen LogP contribution in [0.4, 0.5) is 0 Å². The van der Waals surface area contributed by atoms with Gasteiger partial charge in [0, 0.05) is 0 Å². The van der Waals surface area contributed by atoms with Gasteiger partial charge in [-0.2, -0.15) is 0 Å². The van der Waals surface area contributed by atoms with Crippen molar-refractivity contribution in [2.75, 3.05) is 6.61 Å². The van der Waals surface area contributed by atoms with Gasteiger partial charge in [0.05, 0.1) is 6.61 Å². The molecule has 4 atom stereocenters. The summed E-state index contributed by atoms with van der Waals surface area (Å²) < 4.78 is 21.9. The SMILES string of the molecule is O=P(O)(O)OCC1OC([n+]2c[nH]c3c(Cl)ncnc32)C(O)C1O. The Morgan fingerprint density at radius 1 is 1.39 bits per heavy atom. The average Bonchev–Trinajstić information content (AvgIpc) is 3.01. The van der Waals surface area contributed by atoms with Crippen molar-refractivity contribution in [1.82, 2.24) is 15.0 Å². The molecule has 1 aliphatic heterocycles. The Balaban J connectivity index is 1.85. The lowest BCUT2D eigenvalue weighted by Crippen LogP contribution is -2.45. The first-order valence-corrected chi connectivity index (χ1v) is 8.29. The van der Waals surface area contributed by atoms with Gasteiger partial charge in [-0.1, -0.05) is 16.6 Å². The van der Waals surface area contributed by atoms with E-state index in [1.54, 1.807) is 0 Å². The fourth-order valence-corrected chi connectivity index (χ4v) is 2.86. The van der Waals surface area contributed by atoms with E-state index in [9.17, 15) is 14.8 Å². The van der Waals surface area contributed by atoms with E-state index in [1.165, 1.54) is 17.2 Å². The van der Waals surface area contributed by atoms with Crippen LogP contribution in [0.25, 0.3) is 11.2 Å². The predicted octanol–water partition coefficient (Wildman–Crippen LogP) is -1.37. The van der Waals surface area contributed by atoms with Crippen molar-refractivity contribution < 1.29 is 38.4 Å². The zero-order valence-electron chi connectivity index (χ0n) is 11.4. The Morgan fingerprint density at radius 3 is 2.83 bits per heavy atom. The second kappa shape index (κ2) is 6.04. The molecule has 0 amide bonds. The highest BCUT2D eigenvalue weighted by Gasteiger charge is 2.47. The van der Waals surface area contributed by atoms with Crippen LogP contribution < -0.4 is 4.57 Å². The van der Waals surface area contributed by atoms with Crippen molar-refractivity contribution in [3.05, 3.63) is 17.8 Å². The minimum atomic E-state index is -4.71. The number of fused-ring (bicyclic) bond motifs is 1. The van der Waals surface area contributed by atoms with E-state index in [0.29, 0.717) is 11.2 Å². The van der Waals surface area contributed by atoms with Crippen LogP contribution in [0.5, 0.6) is 0 Å². The molecule has 1 saturated heterocycles. The fraction of sp³-hybridized carbons (Fsp3) is 0.500. The van der Waals surface area contributed by atoms with Crippen LogP contribution in [0.15, 0.2) is 12.7 Å². The molecule has 1 aliphatic rings. The molecule has 2 aromatic rings. The van der Waals surface area contributed by atoms with Crippen LogP contribution in [0, 0.1) is 0 Å². The molecular formula is C10H13ClN4O7P+. The number of halogens is 1. The summed E-state index contributed by atoms with van der Waals surface area (Å²) in [6.45, 7) is -0.586. The lowest BCUT2D eigenvalue weighted by Gasteiger charge is -2.14. The third kappa shape index (κ3) is 3.23. The molecule has 0 bridgehead atoms. The lowest BCUT2D eigenvalue weighted by atomic mass is 10.1. The second-order valence-electron chi connectivity index (χ2n) is 4.88. The first-order chi connectivity index (χ1) is 10.8. The Bertz CT molecular complexity index is 767. The van der Waals surface area contributed by atoms with Crippen LogP contribution in [-0.4, -0.2) is 59.9 Å². The molecule has 2 aromatic heterocycles. The molecule has 3 rings (SSSR count). The number of aliphatic hydroxyl groups excluding tert-OH is 2. The highest BCUT2D eigenvalue weighted by molar-refractivity contribution is 7.46. The maximum absolute atomic E-state index is 10.7. The Labute approximate surface area is 133 Å². The van der Waals surface area contributed by atoms with E-state index in [4.69, 9.17) is 26.1 Å². The van der Waals surface area contributed by atoms with Crippen molar-refractivity contribution in [1.29, 1.82) is 0 Å². The molecular weight excluding hydrogens is 355 g/mol. The Kier molecular flexibility index (Phi) is 4.38. The van der Waals surface area contributed by atoms with Gasteiger partial charge in [-0.15, -0.1) is 0 Å². The average molecular weight is 368 g/mol. The lowest BCUT2D eigenvalue weighted by molar-refractivity contribution is -0.745. The van der Waals surface area contributed by atoms with E-state index >= 15 is 0 Å². The highest BCUT2D eigenvalue weighted by atomic mass is 35.5. The van der Waals surface area contributed by atoms with Gasteiger partial charge in [-0.3, -0.25) is 9.51 Å². The van der Waals surface area contributed by atoms with Crippen LogP contribution in [0.1, 0.15) is 6.23 Å². The third-order valence-corrected chi connectivity index (χ3v) is 4.16. The molecule has 13 heteroatoms. The first kappa shape index (κ1) is 16.7. The van der Waals surface area contributed by atoms with Gasteiger partial charge in [0.1, 0.15) is 18.3 Å². The van der Waals surface area contributed by atoms with Crippen molar-refractivity contribution in [2.45, 2.75) is 24.5 Å². The van der Waals surface area contributed by atoms with Gasteiger partial charge in [0.25, 0.3) is 0 Å². The first-order valence-electron chi connectivity index (χ1n) is 6.38. The van der Waals surface area contributed by atoms with Gasteiger partial charge in [-0.05, 0) is 0 Å². The monoisotopic (exact) mass is 367 g/mol. The summed E-state index contributed by atoms with van der Waals surface area (Å²) in [7, 11) is -4.71. The number of hydrogen-bond donors (Lipinski definition) is 5. The van der Waals surface area contributed by atoms with E-state index in [-0.39, 0.29) is 5.15 Å². The smallest absolute Gasteiger partial charge is 0.387 e. The number of H-pyrrole nitrogens is 1. The van der Waals surface area contributed by atoms with Gasteiger partial charge in [0.2, 0.25) is 11.7 Å². The van der Waals surface area contributed by atoms with E-state index < -0.39 is 39.0 Å². The number of hydrogen-bond acceptors (Lipinski definition) is 7. The van der Waals surface area contributed by atoms with Crippen molar-refractivity contribution >= 4 is 30.6 Å². The number of aliphatic hydroxyl groups is 2. The summed E-state index contributed by atoms with van der Waals surface area (Å²) in [5.41, 5.74) is 0.743. The zero-order valence-corrected chi connectivity index (χ0v) is 13.0. The molecule has 0 radical (unpaired) electrons. The molecule has 1 fully saturated rings. The van der Waals surface area contributed by atoms with Crippen molar-refractivity contribution in [3.8, 4) is 0 Å². The zero-order chi connectivity index (χ0) is 16.8. The standard InChI is InChI=1S/C10H12ClN4O7P/c11-8-5-9(13-2-12-8)15(3-14-5)10-7(17)6(16)4(22-10)1-21-23(18,19)20/h2-4,6-7,10,16-17H,1H2,(H2,18,19,20)/p+1. The van der Waals surface area contributed by atoms with Gasteiger partial charge in [0.15, 0.2) is 17.8 Å². The molecule has 23 heavy (non-hydrogen) atoms. The van der Waals surface area contributed by atoms with E-state index in [1.807, 2.05) is 0 Å². The number of nitrogens with one attached hydrogen (secondary N) is 1. The molecule has 4 unspecified atom stereocenters. The summed E-state index contributed by atoms with van der Waals surface area (Å²) in [6.07, 6.45) is -2.29. The van der Waals surface area contributed by atoms with Crippen LogP contribution in [0.2, 0.25) is 5.15 Å². The van der Waals surface area contributed by atoms with Gasteiger partial charge in [-0.25, -0.2) is 14.1 Å². The maximum Gasteiger partial charge on any atom is 0.469 e. The summed E-state index contributed by atoms with van der Waals surface area (Å²) in [5.74, 6) is 0. The highest BCUT2D eigenvalue weighted by Crippen LogP contribution is 2.37. The molecule has 0 spiro atoms. The number of aromatic nitrogens is 4. The van der Waals surface area contributed by atoms with Crippen LogP contribution >= 0.6 is 19.4 Å². The second-order valence-corrected chi connectivity index (χ2v) is 6.47. The summed E-state index contributed by atoms with van der Waals surface area (Å²) in [6, 6.07) is 0. The number of imidazole rings is 1. The minimum absolute atomic E-state index is 0.170. The number of nitrogens with zero attached hydrogens (tertiary/aromatic N) is 3. The van der Waals surface area contributed by atoms with Gasteiger partial charge >= 0.3 is 13.5 Å². The summed E-state index contributed by atoms with van der Waals surface area (Å²) >= 11 is 5.92. The Hall–Kier alpha value is -1.17. The number of aromatic amines is 1. The largest absolute Gasteiger partial charge is 0.469 e. The topological polar surface area (TPSA) is 162 Å². The van der Waals surface area contributed by atoms with Crippen molar-refractivity contribution in [2.24, 2.45) is 0 Å². The summed E-state index contributed by atoms with van der Waals surface area (Å²) in [4.78, 5) is 28.0. The number of phosphoric acid groups is 1. The fourth-order valence-electron chi connectivity index (χ4n) is 2.33. The number of phosphoric ester groups is 1. The molecule has 3 heterocycles. The van der Waals surface area contributed by atoms with Crippen molar-refractivity contribution in [3.63, 3.8) is 0 Å². The number of rotatable bonds is 4. The number of ether oxygens (including phenoxy) is 1. The third-order valence-electron chi connectivity index (χ3n) is 3.39. The normalized spacial score (nSPS) is 28.6. The molecule has 5 N–H and O–H groups in total. The molecule has 0 aromatic carbocycles. The maximum atomic E-state index is 10.7. The van der Waals surface area contributed by atoms with Gasteiger partial charge < -0.3 is 24.7 Å². The minimum Gasteiger partial charge on any atom is -0.387 e. The van der Waals surface area contributed by atoms with Crippen LogP contribution in [-0.2, 0) is 13.8 Å². The quantitative estimate of drug-likeness (QED) is 0.249. The molecule has 126 valence electrons. The predicted molar refractivity (Wildman–Crippen MR) is 73.0 cm³/mol. The Morgan fingerprint density at radius 2 is 2.13 bits per heavy atom. The molecule has 11 nitrogen and oxygen atoms in total. The molecule has 0 saturated carbocycles. The summed E-state index contributed by atoms with van der Waals surface area (Å²) in [5, 5.41) is 20.3. The van der Waals surface area contributed by atoms with E-state index in [0.717, 1.165) is 0 Å².